The van der Waals surface area contributed by atoms with Gasteiger partial charge in [0.25, 0.3) is 0 Å². The van der Waals surface area contributed by atoms with E-state index >= 15 is 0 Å². The lowest BCUT2D eigenvalue weighted by Gasteiger charge is -2.49. The van der Waals surface area contributed by atoms with Crippen molar-refractivity contribution in [3.63, 3.8) is 0 Å². The molecule has 4 heteroatoms. The van der Waals surface area contributed by atoms with Crippen LogP contribution >= 0.6 is 11.6 Å². The molecule has 0 N–H and O–H groups in total. The summed E-state index contributed by atoms with van der Waals surface area (Å²) in [5, 5.41) is 2.07. The van der Waals surface area contributed by atoms with Crippen molar-refractivity contribution in [3.8, 4) is 0 Å². The lowest BCUT2D eigenvalue weighted by molar-refractivity contribution is -0.995. The van der Waals surface area contributed by atoms with E-state index in [4.69, 9.17) is 11.6 Å². The molecule has 102 valence electrons. The topological polar surface area (TPSA) is 20.3 Å². The van der Waals surface area contributed by atoms with E-state index in [0.29, 0.717) is 10.5 Å². The first-order chi connectivity index (χ1) is 9.22. The highest BCUT2D eigenvalue weighted by Crippen LogP contribution is 2.34. The van der Waals surface area contributed by atoms with Crippen molar-refractivity contribution in [3.05, 3.63) is 35.9 Å². The minimum Gasteiger partial charge on any atom is -0.211 e. The molecule has 3 nitrogen and oxygen atoms in total. The first-order valence-electron chi connectivity index (χ1n) is 7.10. The van der Waals surface area contributed by atoms with Crippen molar-refractivity contribution in [2.45, 2.75) is 25.2 Å². The number of rotatable bonds is 2. The Kier molecular flexibility index (Phi) is 3.61. The molecular formula is C15H20ClN2O+. The van der Waals surface area contributed by atoms with Crippen LogP contribution in [0.15, 0.2) is 30.3 Å². The van der Waals surface area contributed by atoms with Gasteiger partial charge in [-0.05, 0) is 24.3 Å². The fraction of sp³-hybridized carbons (Fsp3) is 0.533. The zero-order valence-electron chi connectivity index (χ0n) is 11.1. The van der Waals surface area contributed by atoms with E-state index in [2.05, 4.69) is 35.3 Å². The van der Waals surface area contributed by atoms with Crippen LogP contribution in [0.1, 0.15) is 30.7 Å². The van der Waals surface area contributed by atoms with E-state index in [1.54, 1.807) is 0 Å². The summed E-state index contributed by atoms with van der Waals surface area (Å²) in [5.41, 5.74) is 1.43. The summed E-state index contributed by atoms with van der Waals surface area (Å²) >= 11 is 5.81. The Bertz CT molecular complexity index is 450. The van der Waals surface area contributed by atoms with E-state index in [-0.39, 0.29) is 5.37 Å². The van der Waals surface area contributed by atoms with Gasteiger partial charge in [-0.2, -0.15) is 4.59 Å². The van der Waals surface area contributed by atoms with Crippen LogP contribution in [-0.4, -0.2) is 41.1 Å². The van der Waals surface area contributed by atoms with E-state index in [1.165, 1.54) is 5.56 Å². The number of hydrogen-bond acceptors (Lipinski definition) is 2. The number of carbonyl (C=O) groups is 1. The second-order valence-electron chi connectivity index (χ2n) is 5.62. The summed E-state index contributed by atoms with van der Waals surface area (Å²) in [7, 11) is 0. The average molecular weight is 280 g/mol. The molecule has 2 saturated heterocycles. The van der Waals surface area contributed by atoms with Gasteiger partial charge < -0.3 is 0 Å². The number of hydrogen-bond donors (Lipinski definition) is 0. The molecule has 1 aromatic rings. The van der Waals surface area contributed by atoms with Crippen molar-refractivity contribution >= 4 is 17.0 Å². The van der Waals surface area contributed by atoms with Crippen LogP contribution in [0.4, 0.5) is 4.79 Å². The molecule has 0 saturated carbocycles. The molecule has 0 unspecified atom stereocenters. The molecule has 1 amide bonds. The van der Waals surface area contributed by atoms with Crippen molar-refractivity contribution in [1.29, 1.82) is 0 Å². The van der Waals surface area contributed by atoms with Crippen LogP contribution in [0.25, 0.3) is 0 Å². The number of likely N-dealkylation sites (tertiary alicyclic amines) is 1. The van der Waals surface area contributed by atoms with Gasteiger partial charge in [-0.3, -0.25) is 0 Å². The monoisotopic (exact) mass is 279 g/mol. The minimum absolute atomic E-state index is 0.204. The van der Waals surface area contributed by atoms with Gasteiger partial charge in [-0.1, -0.05) is 30.3 Å². The number of nitrogens with zero attached hydrogens (tertiary/aromatic N) is 2. The molecular weight excluding hydrogens is 260 g/mol. The molecule has 0 aromatic heterocycles. The van der Waals surface area contributed by atoms with Gasteiger partial charge in [0.1, 0.15) is 13.1 Å². The highest BCUT2D eigenvalue weighted by molar-refractivity contribution is 6.60. The Morgan fingerprint density at radius 2 is 1.79 bits per heavy atom. The second kappa shape index (κ2) is 5.23. The number of quaternary nitrogens is 1. The van der Waals surface area contributed by atoms with E-state index in [1.807, 2.05) is 0 Å². The van der Waals surface area contributed by atoms with Gasteiger partial charge in [0.05, 0.1) is 6.42 Å². The second-order valence-corrected chi connectivity index (χ2v) is 5.94. The normalized spacial score (nSPS) is 23.8. The molecule has 0 bridgehead atoms. The van der Waals surface area contributed by atoms with Crippen LogP contribution in [0.2, 0.25) is 0 Å². The van der Waals surface area contributed by atoms with Crippen molar-refractivity contribution < 1.29 is 9.39 Å². The molecule has 2 aliphatic rings. The molecule has 2 heterocycles. The van der Waals surface area contributed by atoms with Crippen LogP contribution < -0.4 is 0 Å². The zero-order chi connectivity index (χ0) is 13.3. The lowest BCUT2D eigenvalue weighted by Crippen LogP contribution is -2.69. The number of piperidine rings is 1. The quantitative estimate of drug-likeness (QED) is 0.470. The Morgan fingerprint density at radius 3 is 2.26 bits per heavy atom. The Balaban J connectivity index is 1.65. The Hall–Kier alpha value is -0.900. The third-order valence-electron chi connectivity index (χ3n) is 4.67. The maximum absolute atomic E-state index is 11.7. The zero-order valence-corrected chi connectivity index (χ0v) is 11.9. The van der Waals surface area contributed by atoms with Crippen LogP contribution in [-0.2, 0) is 0 Å². The maximum Gasteiger partial charge on any atom is 0.431 e. The molecule has 0 atom stereocenters. The van der Waals surface area contributed by atoms with Gasteiger partial charge >= 0.3 is 5.37 Å². The summed E-state index contributed by atoms with van der Waals surface area (Å²) in [4.78, 5) is 11.7. The third kappa shape index (κ3) is 2.31. The SMILES string of the molecule is O=C(Cl)[N+]1(N2CCC(c3ccccc3)CC2)CCC1. The summed E-state index contributed by atoms with van der Waals surface area (Å²) in [6, 6.07) is 10.7. The van der Waals surface area contributed by atoms with Gasteiger partial charge in [0.15, 0.2) is 0 Å². The smallest absolute Gasteiger partial charge is 0.211 e. The van der Waals surface area contributed by atoms with Crippen LogP contribution in [0.5, 0.6) is 0 Å². The summed E-state index contributed by atoms with van der Waals surface area (Å²) in [6.07, 6.45) is 3.35. The molecule has 0 radical (unpaired) electrons. The summed E-state index contributed by atoms with van der Waals surface area (Å²) in [5.74, 6) is 0.629. The van der Waals surface area contributed by atoms with E-state index in [9.17, 15) is 4.79 Å². The fourth-order valence-electron chi connectivity index (χ4n) is 3.33. The van der Waals surface area contributed by atoms with Crippen LogP contribution in [0, 0.1) is 0 Å². The van der Waals surface area contributed by atoms with Gasteiger partial charge in [-0.15, -0.1) is 5.01 Å². The Morgan fingerprint density at radius 1 is 1.16 bits per heavy atom. The standard InChI is InChI=1S/C15H20ClN2O/c16-15(19)18(11-4-12-18)17-9-7-14(8-10-17)13-5-2-1-3-6-13/h1-3,5-6,14H,4,7-12H2/q+1. The average Bonchev–Trinajstić information content (AvgIpc) is 2.39. The molecule has 19 heavy (non-hydrogen) atoms. The highest BCUT2D eigenvalue weighted by Gasteiger charge is 2.49. The first kappa shape index (κ1) is 13.1. The maximum atomic E-state index is 11.7. The predicted molar refractivity (Wildman–Crippen MR) is 75.9 cm³/mol. The van der Waals surface area contributed by atoms with Crippen molar-refractivity contribution in [2.24, 2.45) is 0 Å². The largest absolute Gasteiger partial charge is 0.431 e. The number of halogens is 1. The molecule has 3 rings (SSSR count). The molecule has 1 aromatic carbocycles. The summed E-state index contributed by atoms with van der Waals surface area (Å²) < 4.78 is 0.392. The first-order valence-corrected chi connectivity index (χ1v) is 7.48. The van der Waals surface area contributed by atoms with Crippen LogP contribution in [0.3, 0.4) is 0 Å². The molecule has 2 aliphatic heterocycles. The number of carbonyl (C=O) groups excluding carboxylic acids is 1. The lowest BCUT2D eigenvalue weighted by atomic mass is 9.90. The minimum atomic E-state index is -0.204. The molecule has 0 aliphatic carbocycles. The van der Waals surface area contributed by atoms with Gasteiger partial charge in [0.2, 0.25) is 0 Å². The fourth-order valence-corrected chi connectivity index (χ4v) is 3.61. The number of amides is 1. The Labute approximate surface area is 119 Å². The predicted octanol–water partition coefficient (Wildman–Crippen LogP) is 3.36. The van der Waals surface area contributed by atoms with Crippen molar-refractivity contribution in [1.82, 2.24) is 5.01 Å². The van der Waals surface area contributed by atoms with Gasteiger partial charge in [0, 0.05) is 24.7 Å². The van der Waals surface area contributed by atoms with E-state index in [0.717, 1.165) is 45.4 Å². The number of benzene rings is 1. The molecule has 2 fully saturated rings. The van der Waals surface area contributed by atoms with Gasteiger partial charge in [-0.25, -0.2) is 4.79 Å². The summed E-state index contributed by atoms with van der Waals surface area (Å²) in [6.45, 7) is 3.71. The third-order valence-corrected chi connectivity index (χ3v) is 4.98. The van der Waals surface area contributed by atoms with E-state index < -0.39 is 0 Å². The van der Waals surface area contributed by atoms with Crippen molar-refractivity contribution in [2.75, 3.05) is 26.2 Å². The highest BCUT2D eigenvalue weighted by atomic mass is 35.5. The molecule has 0 spiro atoms.